The van der Waals surface area contributed by atoms with Gasteiger partial charge in [0.25, 0.3) is 0 Å². The van der Waals surface area contributed by atoms with E-state index in [1.165, 1.54) is 10.8 Å². The van der Waals surface area contributed by atoms with Crippen LogP contribution in [0.4, 0.5) is 14.5 Å². The maximum Gasteiger partial charge on any atom is 0.150 e. The first-order valence-electron chi connectivity index (χ1n) is 5.98. The lowest BCUT2D eigenvalue weighted by atomic mass is 10.2. The highest BCUT2D eigenvalue weighted by atomic mass is 79.9. The molecule has 0 fully saturated rings. The SMILES string of the molecule is Fc1cc(F)c(NCc2csc3ccccc23)c(Br)c1. The van der Waals surface area contributed by atoms with E-state index in [1.807, 2.05) is 23.6 Å². The van der Waals surface area contributed by atoms with Gasteiger partial charge in [-0.05, 0) is 44.4 Å². The Kier molecular flexibility index (Phi) is 3.72. The second-order valence-electron chi connectivity index (χ2n) is 4.36. The van der Waals surface area contributed by atoms with E-state index in [0.29, 0.717) is 11.0 Å². The number of benzene rings is 2. The van der Waals surface area contributed by atoms with Gasteiger partial charge in [-0.15, -0.1) is 11.3 Å². The molecule has 0 aliphatic carbocycles. The molecule has 2 aromatic carbocycles. The highest BCUT2D eigenvalue weighted by Crippen LogP contribution is 2.30. The Morgan fingerprint density at radius 3 is 2.75 bits per heavy atom. The molecule has 0 saturated heterocycles. The summed E-state index contributed by atoms with van der Waals surface area (Å²) in [6.07, 6.45) is 0. The van der Waals surface area contributed by atoms with Gasteiger partial charge in [0.2, 0.25) is 0 Å². The Hall–Kier alpha value is -1.46. The van der Waals surface area contributed by atoms with Crippen LogP contribution in [-0.4, -0.2) is 0 Å². The Balaban J connectivity index is 1.87. The first-order chi connectivity index (χ1) is 9.65. The monoisotopic (exact) mass is 353 g/mol. The third-order valence-corrected chi connectivity index (χ3v) is 4.66. The molecule has 20 heavy (non-hydrogen) atoms. The van der Waals surface area contributed by atoms with Gasteiger partial charge >= 0.3 is 0 Å². The molecular formula is C15H10BrF2NS. The van der Waals surface area contributed by atoms with Crippen LogP contribution in [0.5, 0.6) is 0 Å². The molecule has 0 aliphatic rings. The molecule has 1 heterocycles. The molecule has 0 aliphatic heterocycles. The number of fused-ring (bicyclic) bond motifs is 1. The van der Waals surface area contributed by atoms with E-state index in [4.69, 9.17) is 0 Å². The van der Waals surface area contributed by atoms with Crippen molar-refractivity contribution >= 4 is 43.0 Å². The lowest BCUT2D eigenvalue weighted by Gasteiger charge is -2.09. The van der Waals surface area contributed by atoms with E-state index in [1.54, 1.807) is 11.3 Å². The van der Waals surface area contributed by atoms with Crippen LogP contribution in [0.15, 0.2) is 46.3 Å². The van der Waals surface area contributed by atoms with Crippen molar-refractivity contribution in [3.8, 4) is 0 Å². The van der Waals surface area contributed by atoms with Gasteiger partial charge < -0.3 is 5.32 Å². The summed E-state index contributed by atoms with van der Waals surface area (Å²) < 4.78 is 28.3. The fraction of sp³-hybridized carbons (Fsp3) is 0.0667. The Labute approximate surface area is 127 Å². The fourth-order valence-corrected chi connectivity index (χ4v) is 3.58. The van der Waals surface area contributed by atoms with Gasteiger partial charge in [0.05, 0.1) is 5.69 Å². The van der Waals surface area contributed by atoms with E-state index in [-0.39, 0.29) is 5.69 Å². The highest BCUT2D eigenvalue weighted by Gasteiger charge is 2.10. The zero-order valence-corrected chi connectivity index (χ0v) is 12.7. The number of hydrogen-bond donors (Lipinski definition) is 1. The fourth-order valence-electron chi connectivity index (χ4n) is 2.06. The van der Waals surface area contributed by atoms with E-state index >= 15 is 0 Å². The lowest BCUT2D eigenvalue weighted by Crippen LogP contribution is -2.02. The van der Waals surface area contributed by atoms with Gasteiger partial charge in [0, 0.05) is 21.8 Å². The van der Waals surface area contributed by atoms with Crippen molar-refractivity contribution in [2.45, 2.75) is 6.54 Å². The summed E-state index contributed by atoms with van der Waals surface area (Å²) in [6, 6.07) is 10.2. The van der Waals surface area contributed by atoms with Crippen molar-refractivity contribution in [1.29, 1.82) is 0 Å². The minimum Gasteiger partial charge on any atom is -0.378 e. The van der Waals surface area contributed by atoms with E-state index < -0.39 is 11.6 Å². The summed E-state index contributed by atoms with van der Waals surface area (Å²) in [5.41, 5.74) is 1.38. The molecule has 0 spiro atoms. The number of halogens is 3. The van der Waals surface area contributed by atoms with E-state index in [2.05, 4.69) is 27.3 Å². The highest BCUT2D eigenvalue weighted by molar-refractivity contribution is 9.10. The van der Waals surface area contributed by atoms with Gasteiger partial charge in [-0.1, -0.05) is 18.2 Å². The summed E-state index contributed by atoms with van der Waals surface area (Å²) in [5, 5.41) is 6.23. The maximum absolute atomic E-state index is 13.7. The number of rotatable bonds is 3. The number of anilines is 1. The van der Waals surface area contributed by atoms with Crippen molar-refractivity contribution in [1.82, 2.24) is 0 Å². The van der Waals surface area contributed by atoms with Crippen LogP contribution in [0.1, 0.15) is 5.56 Å². The van der Waals surface area contributed by atoms with Crippen LogP contribution in [-0.2, 0) is 6.54 Å². The second-order valence-corrected chi connectivity index (χ2v) is 6.12. The molecule has 0 amide bonds. The summed E-state index contributed by atoms with van der Waals surface area (Å²) in [7, 11) is 0. The molecule has 0 bridgehead atoms. The molecule has 0 atom stereocenters. The molecule has 0 radical (unpaired) electrons. The quantitative estimate of drug-likeness (QED) is 0.650. The third-order valence-electron chi connectivity index (χ3n) is 3.02. The topological polar surface area (TPSA) is 12.0 Å². The van der Waals surface area contributed by atoms with Crippen LogP contribution < -0.4 is 5.32 Å². The van der Waals surface area contributed by atoms with Crippen molar-refractivity contribution in [3.63, 3.8) is 0 Å². The predicted octanol–water partition coefficient (Wildman–Crippen LogP) is 5.55. The molecule has 1 nitrogen and oxygen atoms in total. The summed E-state index contributed by atoms with van der Waals surface area (Å²) in [5.74, 6) is -1.20. The summed E-state index contributed by atoms with van der Waals surface area (Å²) in [6.45, 7) is 0.491. The molecule has 0 unspecified atom stereocenters. The summed E-state index contributed by atoms with van der Waals surface area (Å²) >= 11 is 4.83. The second kappa shape index (κ2) is 5.50. The molecule has 5 heteroatoms. The molecule has 1 N–H and O–H groups in total. The molecule has 3 rings (SSSR count). The molecule has 0 saturated carbocycles. The third kappa shape index (κ3) is 2.55. The molecule has 1 aromatic heterocycles. The van der Waals surface area contributed by atoms with E-state index in [9.17, 15) is 8.78 Å². The zero-order valence-electron chi connectivity index (χ0n) is 10.3. The average Bonchev–Trinajstić information content (AvgIpc) is 2.81. The van der Waals surface area contributed by atoms with Gasteiger partial charge in [-0.3, -0.25) is 0 Å². The number of hydrogen-bond acceptors (Lipinski definition) is 2. The normalized spacial score (nSPS) is 10.9. The van der Waals surface area contributed by atoms with Crippen LogP contribution in [0.3, 0.4) is 0 Å². The number of thiophene rings is 1. The van der Waals surface area contributed by atoms with Crippen LogP contribution in [0, 0.1) is 11.6 Å². The van der Waals surface area contributed by atoms with Crippen molar-refractivity contribution in [2.75, 3.05) is 5.32 Å². The molecule has 102 valence electrons. The van der Waals surface area contributed by atoms with Crippen molar-refractivity contribution in [2.24, 2.45) is 0 Å². The Morgan fingerprint density at radius 1 is 1.15 bits per heavy atom. The van der Waals surface area contributed by atoms with Crippen molar-refractivity contribution < 1.29 is 8.78 Å². The number of nitrogens with one attached hydrogen (secondary N) is 1. The van der Waals surface area contributed by atoms with Gasteiger partial charge in [-0.2, -0.15) is 0 Å². The lowest BCUT2D eigenvalue weighted by molar-refractivity contribution is 0.583. The first-order valence-corrected chi connectivity index (χ1v) is 7.66. The standard InChI is InChI=1S/C15H10BrF2NS/c16-12-5-10(17)6-13(18)15(12)19-7-9-8-20-14-4-2-1-3-11(9)14/h1-6,8,19H,7H2. The van der Waals surface area contributed by atoms with Crippen molar-refractivity contribution in [3.05, 3.63) is 63.4 Å². The van der Waals surface area contributed by atoms with E-state index in [0.717, 1.165) is 17.0 Å². The minimum atomic E-state index is -0.601. The smallest absolute Gasteiger partial charge is 0.150 e. The van der Waals surface area contributed by atoms with Gasteiger partial charge in [0.1, 0.15) is 11.6 Å². The zero-order chi connectivity index (χ0) is 14.1. The van der Waals surface area contributed by atoms with Crippen LogP contribution >= 0.6 is 27.3 Å². The predicted molar refractivity (Wildman–Crippen MR) is 83.2 cm³/mol. The average molecular weight is 354 g/mol. The maximum atomic E-state index is 13.7. The van der Waals surface area contributed by atoms with Crippen LogP contribution in [0.2, 0.25) is 0 Å². The summed E-state index contributed by atoms with van der Waals surface area (Å²) in [4.78, 5) is 0. The minimum absolute atomic E-state index is 0.279. The Morgan fingerprint density at radius 2 is 1.95 bits per heavy atom. The first kappa shape index (κ1) is 13.5. The molecular weight excluding hydrogens is 344 g/mol. The van der Waals surface area contributed by atoms with Gasteiger partial charge in [0.15, 0.2) is 0 Å². The van der Waals surface area contributed by atoms with Gasteiger partial charge in [-0.25, -0.2) is 8.78 Å². The Bertz CT molecular complexity index is 746. The van der Waals surface area contributed by atoms with Crippen LogP contribution in [0.25, 0.3) is 10.1 Å². The molecule has 3 aromatic rings. The largest absolute Gasteiger partial charge is 0.378 e.